The number of phenolic OH excluding ortho intramolecular Hbond substituents is 2. The smallest absolute Gasteiger partial charge is 0.176 e. The molecule has 0 amide bonds. The molecule has 0 aliphatic rings. The van der Waals surface area contributed by atoms with Gasteiger partial charge in [0.05, 0.1) is 6.54 Å². The number of likely N-dealkylation sites (N-methyl/N-ethyl adjacent to an activating group) is 1. The number of hydrogen-bond acceptors (Lipinski definition) is 5. The second kappa shape index (κ2) is 6.51. The van der Waals surface area contributed by atoms with E-state index in [1.165, 1.54) is 18.2 Å². The van der Waals surface area contributed by atoms with Gasteiger partial charge in [0, 0.05) is 17.9 Å². The molecule has 0 aromatic heterocycles. The monoisotopic (exact) mass is 255 g/mol. The molecule has 94 valence electrons. The van der Waals surface area contributed by atoms with Crippen LogP contribution in [0.4, 0.5) is 0 Å². The molecule has 0 fully saturated rings. The van der Waals surface area contributed by atoms with E-state index in [1.54, 1.807) is 11.8 Å². The van der Waals surface area contributed by atoms with Crippen LogP contribution < -0.4 is 0 Å². The second-order valence-electron chi connectivity index (χ2n) is 3.86. The Morgan fingerprint density at radius 1 is 1.35 bits per heavy atom. The molecule has 1 rings (SSSR count). The van der Waals surface area contributed by atoms with E-state index in [-0.39, 0.29) is 17.3 Å². The number of thioether (sulfide) groups is 1. The van der Waals surface area contributed by atoms with Gasteiger partial charge in [-0.05, 0) is 31.5 Å². The second-order valence-corrected chi connectivity index (χ2v) is 4.84. The van der Waals surface area contributed by atoms with Gasteiger partial charge in [0.1, 0.15) is 0 Å². The lowest BCUT2D eigenvalue weighted by Gasteiger charge is -2.14. The number of carbonyl (C=O) groups excluding carboxylic acids is 1. The molecule has 0 aliphatic heterocycles. The van der Waals surface area contributed by atoms with Crippen LogP contribution in [0.25, 0.3) is 0 Å². The predicted molar refractivity (Wildman–Crippen MR) is 70.0 cm³/mol. The first-order valence-corrected chi connectivity index (χ1v) is 6.66. The summed E-state index contributed by atoms with van der Waals surface area (Å²) in [5.41, 5.74) is 0.413. The number of carbonyl (C=O) groups is 1. The minimum Gasteiger partial charge on any atom is -0.504 e. The van der Waals surface area contributed by atoms with E-state index >= 15 is 0 Å². The molecule has 0 spiro atoms. The van der Waals surface area contributed by atoms with E-state index in [9.17, 15) is 9.90 Å². The Morgan fingerprint density at radius 2 is 2.06 bits per heavy atom. The van der Waals surface area contributed by atoms with Crippen LogP contribution in [0.2, 0.25) is 0 Å². The van der Waals surface area contributed by atoms with Crippen molar-refractivity contribution in [1.29, 1.82) is 0 Å². The zero-order valence-corrected chi connectivity index (χ0v) is 10.8. The van der Waals surface area contributed by atoms with Crippen molar-refractivity contribution in [3.8, 4) is 11.5 Å². The predicted octanol–water partition coefficient (Wildman–Crippen LogP) is 1.58. The van der Waals surface area contributed by atoms with Crippen molar-refractivity contribution in [2.24, 2.45) is 0 Å². The average molecular weight is 255 g/mol. The van der Waals surface area contributed by atoms with Crippen LogP contribution in [0, 0.1) is 0 Å². The highest BCUT2D eigenvalue weighted by molar-refractivity contribution is 7.98. The summed E-state index contributed by atoms with van der Waals surface area (Å²) in [4.78, 5) is 13.8. The Kier molecular flexibility index (Phi) is 5.31. The highest BCUT2D eigenvalue weighted by Crippen LogP contribution is 2.25. The standard InChI is InChI=1S/C12H17NO3S/c1-13(5-6-17-2)8-12(16)9-3-4-10(14)11(15)7-9/h3-4,7,14-15H,5-6,8H2,1-2H3. The van der Waals surface area contributed by atoms with Crippen molar-refractivity contribution < 1.29 is 15.0 Å². The van der Waals surface area contributed by atoms with E-state index in [1.807, 2.05) is 18.2 Å². The maximum atomic E-state index is 11.8. The van der Waals surface area contributed by atoms with Gasteiger partial charge in [-0.1, -0.05) is 0 Å². The quantitative estimate of drug-likeness (QED) is 0.597. The molecule has 4 nitrogen and oxygen atoms in total. The molecule has 0 unspecified atom stereocenters. The fourth-order valence-corrected chi connectivity index (χ4v) is 1.85. The summed E-state index contributed by atoms with van der Waals surface area (Å²) >= 11 is 1.73. The lowest BCUT2D eigenvalue weighted by molar-refractivity contribution is 0.0949. The minimum absolute atomic E-state index is 0.0658. The van der Waals surface area contributed by atoms with Crippen LogP contribution in [-0.2, 0) is 0 Å². The molecular weight excluding hydrogens is 238 g/mol. The highest BCUT2D eigenvalue weighted by Gasteiger charge is 2.11. The summed E-state index contributed by atoms with van der Waals surface area (Å²) in [6.45, 7) is 1.15. The number of nitrogens with zero attached hydrogens (tertiary/aromatic N) is 1. The molecule has 2 N–H and O–H groups in total. The summed E-state index contributed by atoms with van der Waals surface area (Å²) in [7, 11) is 1.88. The molecule has 1 aromatic rings. The van der Waals surface area contributed by atoms with Crippen molar-refractivity contribution in [2.75, 3.05) is 32.1 Å². The molecule has 1 aromatic carbocycles. The average Bonchev–Trinajstić information content (AvgIpc) is 2.30. The minimum atomic E-state index is -0.261. The Hall–Kier alpha value is -1.20. The van der Waals surface area contributed by atoms with Gasteiger partial charge in [0.25, 0.3) is 0 Å². The van der Waals surface area contributed by atoms with Crippen molar-refractivity contribution in [2.45, 2.75) is 0 Å². The zero-order chi connectivity index (χ0) is 12.8. The summed E-state index contributed by atoms with van der Waals surface area (Å²) < 4.78 is 0. The highest BCUT2D eigenvalue weighted by atomic mass is 32.2. The van der Waals surface area contributed by atoms with Crippen LogP contribution in [0.5, 0.6) is 11.5 Å². The lowest BCUT2D eigenvalue weighted by atomic mass is 10.1. The molecular formula is C12H17NO3S. The molecule has 17 heavy (non-hydrogen) atoms. The number of aromatic hydroxyl groups is 2. The fraction of sp³-hybridized carbons (Fsp3) is 0.417. The van der Waals surface area contributed by atoms with Gasteiger partial charge in [0.15, 0.2) is 17.3 Å². The summed E-state index contributed by atoms with van der Waals surface area (Å²) in [5, 5.41) is 18.5. The van der Waals surface area contributed by atoms with Crippen LogP contribution in [0.15, 0.2) is 18.2 Å². The van der Waals surface area contributed by atoms with Crippen molar-refractivity contribution >= 4 is 17.5 Å². The fourth-order valence-electron chi connectivity index (χ4n) is 1.36. The Balaban J connectivity index is 2.60. The third-order valence-electron chi connectivity index (χ3n) is 2.39. The van der Waals surface area contributed by atoms with Crippen molar-refractivity contribution in [1.82, 2.24) is 4.90 Å². The van der Waals surface area contributed by atoms with Gasteiger partial charge < -0.3 is 10.2 Å². The zero-order valence-electron chi connectivity index (χ0n) is 10.0. The normalized spacial score (nSPS) is 10.8. The van der Waals surface area contributed by atoms with Gasteiger partial charge in [-0.15, -0.1) is 0 Å². The van der Waals surface area contributed by atoms with E-state index < -0.39 is 0 Å². The van der Waals surface area contributed by atoms with Crippen LogP contribution in [0.1, 0.15) is 10.4 Å². The molecule has 0 radical (unpaired) electrons. The molecule has 0 aliphatic carbocycles. The van der Waals surface area contributed by atoms with Gasteiger partial charge in [-0.2, -0.15) is 11.8 Å². The Bertz CT molecular complexity index is 395. The summed E-state index contributed by atoms with van der Waals surface area (Å²) in [5.74, 6) is 0.439. The van der Waals surface area contributed by atoms with E-state index in [0.717, 1.165) is 12.3 Å². The lowest BCUT2D eigenvalue weighted by Crippen LogP contribution is -2.28. The SMILES string of the molecule is CSCCN(C)CC(=O)c1ccc(O)c(O)c1. The largest absolute Gasteiger partial charge is 0.504 e. The number of phenols is 2. The maximum absolute atomic E-state index is 11.8. The first kappa shape index (κ1) is 13.9. The van der Waals surface area contributed by atoms with E-state index in [0.29, 0.717) is 12.1 Å². The number of Topliss-reactive ketones (excluding diaryl/α,β-unsaturated/α-hetero) is 1. The van der Waals surface area contributed by atoms with Crippen LogP contribution in [-0.4, -0.2) is 53.0 Å². The van der Waals surface area contributed by atoms with Crippen molar-refractivity contribution in [3.63, 3.8) is 0 Å². The van der Waals surface area contributed by atoms with Crippen molar-refractivity contribution in [3.05, 3.63) is 23.8 Å². The molecule has 0 saturated heterocycles. The first-order chi connectivity index (χ1) is 8.04. The number of rotatable bonds is 6. The van der Waals surface area contributed by atoms with Gasteiger partial charge in [-0.3, -0.25) is 9.69 Å². The molecule has 5 heteroatoms. The Labute approximate surface area is 105 Å². The van der Waals surface area contributed by atoms with Crippen LogP contribution >= 0.6 is 11.8 Å². The van der Waals surface area contributed by atoms with Gasteiger partial charge in [0.2, 0.25) is 0 Å². The van der Waals surface area contributed by atoms with E-state index in [2.05, 4.69) is 0 Å². The number of ketones is 1. The summed E-state index contributed by atoms with van der Waals surface area (Å²) in [6.07, 6.45) is 2.02. The van der Waals surface area contributed by atoms with Gasteiger partial charge in [-0.25, -0.2) is 0 Å². The number of benzene rings is 1. The van der Waals surface area contributed by atoms with Gasteiger partial charge >= 0.3 is 0 Å². The molecule has 0 bridgehead atoms. The third kappa shape index (κ3) is 4.28. The molecule has 0 atom stereocenters. The maximum Gasteiger partial charge on any atom is 0.176 e. The van der Waals surface area contributed by atoms with E-state index in [4.69, 9.17) is 5.11 Å². The Morgan fingerprint density at radius 3 is 2.65 bits per heavy atom. The number of hydrogen-bond donors (Lipinski definition) is 2. The summed E-state index contributed by atoms with van der Waals surface area (Å²) in [6, 6.07) is 4.13. The molecule has 0 heterocycles. The molecule has 0 saturated carbocycles. The van der Waals surface area contributed by atoms with Crippen LogP contribution in [0.3, 0.4) is 0 Å². The topological polar surface area (TPSA) is 60.8 Å². The first-order valence-electron chi connectivity index (χ1n) is 5.27. The third-order valence-corrected chi connectivity index (χ3v) is 2.98.